The van der Waals surface area contributed by atoms with Crippen LogP contribution in [0.25, 0.3) is 0 Å². The molecule has 1 rings (SSSR count). The molecule has 1 unspecified atom stereocenters. The van der Waals surface area contributed by atoms with Gasteiger partial charge in [0.05, 0.1) is 12.5 Å². The smallest absolute Gasteiger partial charge is 0.0638 e. The van der Waals surface area contributed by atoms with Crippen molar-refractivity contribution in [1.82, 2.24) is 10.2 Å². The zero-order valence-electron chi connectivity index (χ0n) is 9.51. The van der Waals surface area contributed by atoms with Crippen molar-refractivity contribution in [2.45, 2.75) is 44.2 Å². The molecule has 1 saturated carbocycles. The summed E-state index contributed by atoms with van der Waals surface area (Å²) in [7, 11) is 4.30. The summed E-state index contributed by atoms with van der Waals surface area (Å²) in [5.74, 6) is 0. The van der Waals surface area contributed by atoms with Crippen LogP contribution in [-0.4, -0.2) is 37.1 Å². The van der Waals surface area contributed by atoms with Gasteiger partial charge in [0.25, 0.3) is 0 Å². The standard InChI is InChI=1S/C11H21N3/c1-10(5-8-12)13-9-11(14(2)3)6-4-7-11/h10,13H,4-7,9H2,1-3H3. The maximum absolute atomic E-state index is 8.55. The number of hydrogen-bond acceptors (Lipinski definition) is 3. The summed E-state index contributed by atoms with van der Waals surface area (Å²) in [6.45, 7) is 3.09. The molecule has 0 aliphatic heterocycles. The molecular formula is C11H21N3. The molecule has 3 heteroatoms. The topological polar surface area (TPSA) is 39.1 Å². The van der Waals surface area contributed by atoms with Gasteiger partial charge in [-0.05, 0) is 40.3 Å². The Bertz CT molecular complexity index is 213. The van der Waals surface area contributed by atoms with E-state index in [9.17, 15) is 0 Å². The van der Waals surface area contributed by atoms with Crippen LogP contribution < -0.4 is 5.32 Å². The lowest BCUT2D eigenvalue weighted by Gasteiger charge is -2.48. The van der Waals surface area contributed by atoms with Crippen molar-refractivity contribution in [3.05, 3.63) is 0 Å². The van der Waals surface area contributed by atoms with Gasteiger partial charge in [0.15, 0.2) is 0 Å². The first-order valence-electron chi connectivity index (χ1n) is 5.38. The number of nitrogens with one attached hydrogen (secondary N) is 1. The molecule has 0 bridgehead atoms. The lowest BCUT2D eigenvalue weighted by Crippen LogP contribution is -2.57. The molecule has 0 aromatic rings. The van der Waals surface area contributed by atoms with Crippen molar-refractivity contribution in [3.63, 3.8) is 0 Å². The number of nitrogens with zero attached hydrogens (tertiary/aromatic N) is 2. The van der Waals surface area contributed by atoms with Crippen LogP contribution in [0.4, 0.5) is 0 Å². The Morgan fingerprint density at radius 2 is 2.14 bits per heavy atom. The predicted octanol–water partition coefficient (Wildman–Crippen LogP) is 1.36. The molecule has 1 aliphatic carbocycles. The fourth-order valence-corrected chi connectivity index (χ4v) is 1.94. The molecule has 3 nitrogen and oxygen atoms in total. The number of likely N-dealkylation sites (N-methyl/N-ethyl adjacent to an activating group) is 1. The minimum absolute atomic E-state index is 0.317. The summed E-state index contributed by atoms with van der Waals surface area (Å²) >= 11 is 0. The van der Waals surface area contributed by atoms with Crippen LogP contribution >= 0.6 is 0 Å². The molecule has 1 atom stereocenters. The molecule has 1 N–H and O–H groups in total. The number of nitriles is 1. The van der Waals surface area contributed by atoms with E-state index in [-0.39, 0.29) is 0 Å². The van der Waals surface area contributed by atoms with Gasteiger partial charge in [0.2, 0.25) is 0 Å². The molecule has 0 aromatic heterocycles. The molecule has 1 fully saturated rings. The molecule has 1 aliphatic rings. The lowest BCUT2D eigenvalue weighted by atomic mass is 9.75. The van der Waals surface area contributed by atoms with E-state index in [1.807, 2.05) is 0 Å². The molecule has 0 radical (unpaired) electrons. The van der Waals surface area contributed by atoms with Crippen molar-refractivity contribution >= 4 is 0 Å². The summed E-state index contributed by atoms with van der Waals surface area (Å²) in [5.41, 5.74) is 0.365. The van der Waals surface area contributed by atoms with Crippen LogP contribution in [0.1, 0.15) is 32.6 Å². The molecule has 0 heterocycles. The average molecular weight is 195 g/mol. The van der Waals surface area contributed by atoms with Crippen molar-refractivity contribution in [2.24, 2.45) is 0 Å². The zero-order chi connectivity index (χ0) is 10.6. The summed E-state index contributed by atoms with van der Waals surface area (Å²) in [6, 6.07) is 2.51. The van der Waals surface area contributed by atoms with Crippen LogP contribution in [-0.2, 0) is 0 Å². The third-order valence-corrected chi connectivity index (χ3v) is 3.41. The van der Waals surface area contributed by atoms with Gasteiger partial charge in [-0.1, -0.05) is 0 Å². The highest BCUT2D eigenvalue weighted by Gasteiger charge is 2.38. The second-order valence-corrected chi connectivity index (χ2v) is 4.62. The Morgan fingerprint density at radius 3 is 2.50 bits per heavy atom. The fourth-order valence-electron chi connectivity index (χ4n) is 1.94. The molecule has 0 spiro atoms. The second-order valence-electron chi connectivity index (χ2n) is 4.62. The van der Waals surface area contributed by atoms with Crippen LogP contribution in [0, 0.1) is 11.3 Å². The third kappa shape index (κ3) is 2.46. The molecule has 0 amide bonds. The van der Waals surface area contributed by atoms with Crippen molar-refractivity contribution in [2.75, 3.05) is 20.6 Å². The minimum Gasteiger partial charge on any atom is -0.311 e. The van der Waals surface area contributed by atoms with Gasteiger partial charge < -0.3 is 10.2 Å². The summed E-state index contributed by atoms with van der Waals surface area (Å²) in [4.78, 5) is 2.32. The van der Waals surface area contributed by atoms with Gasteiger partial charge in [0.1, 0.15) is 0 Å². The van der Waals surface area contributed by atoms with Gasteiger partial charge in [-0.15, -0.1) is 0 Å². The van der Waals surface area contributed by atoms with E-state index in [0.717, 1.165) is 6.54 Å². The first kappa shape index (κ1) is 11.5. The van der Waals surface area contributed by atoms with E-state index in [0.29, 0.717) is 18.0 Å². The largest absolute Gasteiger partial charge is 0.311 e. The first-order chi connectivity index (χ1) is 6.60. The summed E-state index contributed by atoms with van der Waals surface area (Å²) < 4.78 is 0. The van der Waals surface area contributed by atoms with Gasteiger partial charge in [0, 0.05) is 18.1 Å². The molecule has 14 heavy (non-hydrogen) atoms. The van der Waals surface area contributed by atoms with E-state index in [4.69, 9.17) is 5.26 Å². The van der Waals surface area contributed by atoms with Gasteiger partial charge in [-0.2, -0.15) is 5.26 Å². The van der Waals surface area contributed by atoms with E-state index in [1.165, 1.54) is 19.3 Å². The van der Waals surface area contributed by atoms with Gasteiger partial charge in [-0.3, -0.25) is 0 Å². The molecule has 0 aromatic carbocycles. The van der Waals surface area contributed by atoms with E-state index < -0.39 is 0 Å². The van der Waals surface area contributed by atoms with Gasteiger partial charge >= 0.3 is 0 Å². The highest BCUT2D eigenvalue weighted by atomic mass is 15.2. The number of hydrogen-bond donors (Lipinski definition) is 1. The van der Waals surface area contributed by atoms with E-state index >= 15 is 0 Å². The quantitative estimate of drug-likeness (QED) is 0.720. The number of rotatable bonds is 5. The monoisotopic (exact) mass is 195 g/mol. The maximum atomic E-state index is 8.55. The summed E-state index contributed by atoms with van der Waals surface area (Å²) in [5, 5.41) is 12.0. The Labute approximate surface area is 87.1 Å². The molecule has 80 valence electrons. The normalized spacial score (nSPS) is 21.4. The fraction of sp³-hybridized carbons (Fsp3) is 0.909. The predicted molar refractivity (Wildman–Crippen MR) is 58.0 cm³/mol. The Hall–Kier alpha value is -0.590. The second kappa shape index (κ2) is 4.77. The van der Waals surface area contributed by atoms with Crippen LogP contribution in [0.3, 0.4) is 0 Å². The molecular weight excluding hydrogens is 174 g/mol. The average Bonchev–Trinajstić information content (AvgIpc) is 2.02. The molecule has 0 saturated heterocycles. The SMILES string of the molecule is CC(CC#N)NCC1(N(C)C)CCC1. The zero-order valence-corrected chi connectivity index (χ0v) is 9.51. The van der Waals surface area contributed by atoms with Gasteiger partial charge in [-0.25, -0.2) is 0 Å². The minimum atomic E-state index is 0.317. The highest BCUT2D eigenvalue weighted by Crippen LogP contribution is 2.35. The highest BCUT2D eigenvalue weighted by molar-refractivity contribution is 4.98. The van der Waals surface area contributed by atoms with Crippen molar-refractivity contribution in [3.8, 4) is 6.07 Å². The van der Waals surface area contributed by atoms with Crippen LogP contribution in [0.5, 0.6) is 0 Å². The Kier molecular flexibility index (Phi) is 3.91. The Balaban J connectivity index is 2.32. The van der Waals surface area contributed by atoms with E-state index in [2.05, 4.69) is 37.3 Å². The van der Waals surface area contributed by atoms with Crippen LogP contribution in [0.2, 0.25) is 0 Å². The Morgan fingerprint density at radius 1 is 1.50 bits per heavy atom. The first-order valence-corrected chi connectivity index (χ1v) is 5.38. The van der Waals surface area contributed by atoms with Crippen LogP contribution in [0.15, 0.2) is 0 Å². The van der Waals surface area contributed by atoms with E-state index in [1.54, 1.807) is 0 Å². The maximum Gasteiger partial charge on any atom is 0.0638 e. The lowest BCUT2D eigenvalue weighted by molar-refractivity contribution is 0.0578. The third-order valence-electron chi connectivity index (χ3n) is 3.41. The summed E-state index contributed by atoms with van der Waals surface area (Å²) in [6.07, 6.45) is 4.51. The van der Waals surface area contributed by atoms with Crippen molar-refractivity contribution in [1.29, 1.82) is 5.26 Å². The van der Waals surface area contributed by atoms with Crippen molar-refractivity contribution < 1.29 is 0 Å².